The lowest BCUT2D eigenvalue weighted by Gasteiger charge is -2.12. The predicted molar refractivity (Wildman–Crippen MR) is 104 cm³/mol. The second kappa shape index (κ2) is 9.19. The average Bonchev–Trinajstić information content (AvgIpc) is 2.51. The number of urea groups is 1. The zero-order chi connectivity index (χ0) is 19.2. The van der Waals surface area contributed by atoms with Crippen molar-refractivity contribution in [1.82, 2.24) is 14.7 Å². The number of anilines is 1. The Morgan fingerprint density at radius 1 is 1.27 bits per heavy atom. The van der Waals surface area contributed by atoms with Crippen LogP contribution in [0.2, 0.25) is 5.15 Å². The van der Waals surface area contributed by atoms with E-state index in [1.165, 1.54) is 12.1 Å². The molecule has 0 unspecified atom stereocenters. The molecular formula is C14H14ClIN4O5S. The van der Waals surface area contributed by atoms with Crippen molar-refractivity contribution in [2.75, 3.05) is 16.4 Å². The van der Waals surface area contributed by atoms with E-state index in [0.717, 1.165) is 0 Å². The second-order valence-electron chi connectivity index (χ2n) is 4.73. The highest BCUT2D eigenvalue weighted by molar-refractivity contribution is 14.1. The summed E-state index contributed by atoms with van der Waals surface area (Å²) in [7, 11) is -4.45. The van der Waals surface area contributed by atoms with E-state index in [1.807, 2.05) is 0 Å². The third-order valence-electron chi connectivity index (χ3n) is 2.65. The number of carbonyl (C=O) groups excluding carboxylic acids is 1. The molecule has 0 radical (unpaired) electrons. The standard InChI is InChI=1S/C14H14ClIN4O5S/c1-9-8-12(15)18-13(17-9)19-14(21)20-26(22,23)25-11-5-3-2-4-10(11)24-7-6-16/h2-5,8H,6-7H2,1H3,(H2,17,18,19,20,21). The number of aryl methyl sites for hydroxylation is 1. The summed E-state index contributed by atoms with van der Waals surface area (Å²) < 4.78 is 36.8. The minimum atomic E-state index is -4.45. The molecule has 0 saturated heterocycles. The molecular weight excluding hydrogens is 499 g/mol. The highest BCUT2D eigenvalue weighted by atomic mass is 127. The first-order valence-corrected chi connectivity index (χ1v) is 10.4. The lowest BCUT2D eigenvalue weighted by atomic mass is 10.3. The van der Waals surface area contributed by atoms with Crippen molar-refractivity contribution in [3.05, 3.63) is 41.2 Å². The molecule has 0 aliphatic rings. The molecule has 12 heteroatoms. The number of para-hydroxylation sites is 2. The van der Waals surface area contributed by atoms with Crippen LogP contribution in [0, 0.1) is 6.92 Å². The Balaban J connectivity index is 2.05. The molecule has 0 aliphatic carbocycles. The van der Waals surface area contributed by atoms with E-state index in [-0.39, 0.29) is 22.6 Å². The Kier molecular flexibility index (Phi) is 7.23. The van der Waals surface area contributed by atoms with Crippen LogP contribution < -0.4 is 19.0 Å². The molecule has 2 aromatic rings. The Morgan fingerprint density at radius 3 is 2.62 bits per heavy atom. The van der Waals surface area contributed by atoms with Crippen LogP contribution in [0.3, 0.4) is 0 Å². The van der Waals surface area contributed by atoms with Crippen LogP contribution in [-0.4, -0.2) is 35.5 Å². The number of aromatic nitrogens is 2. The summed E-state index contributed by atoms with van der Waals surface area (Å²) in [5.41, 5.74) is 0.501. The van der Waals surface area contributed by atoms with Crippen LogP contribution in [0.1, 0.15) is 5.69 Å². The molecule has 0 bridgehead atoms. The molecule has 1 aromatic carbocycles. The molecule has 0 saturated carbocycles. The Hall–Kier alpha value is -1.86. The first-order chi connectivity index (χ1) is 12.3. The van der Waals surface area contributed by atoms with Gasteiger partial charge >= 0.3 is 16.3 Å². The molecule has 2 amide bonds. The van der Waals surface area contributed by atoms with Crippen molar-refractivity contribution in [2.24, 2.45) is 0 Å². The van der Waals surface area contributed by atoms with Gasteiger partial charge in [-0.25, -0.2) is 19.5 Å². The predicted octanol–water partition coefficient (Wildman–Crippen LogP) is 2.70. The quantitative estimate of drug-likeness (QED) is 0.332. The van der Waals surface area contributed by atoms with E-state index in [4.69, 9.17) is 20.5 Å². The maximum Gasteiger partial charge on any atom is 0.411 e. The molecule has 140 valence electrons. The van der Waals surface area contributed by atoms with Gasteiger partial charge in [0.25, 0.3) is 0 Å². The lowest BCUT2D eigenvalue weighted by Crippen LogP contribution is -2.37. The minimum absolute atomic E-state index is 0.0486. The highest BCUT2D eigenvalue weighted by Gasteiger charge is 2.20. The van der Waals surface area contributed by atoms with E-state index in [1.54, 1.807) is 29.8 Å². The van der Waals surface area contributed by atoms with Gasteiger partial charge in [0.15, 0.2) is 11.5 Å². The molecule has 1 heterocycles. The molecule has 0 atom stereocenters. The van der Waals surface area contributed by atoms with Crippen molar-refractivity contribution in [3.8, 4) is 11.5 Å². The summed E-state index contributed by atoms with van der Waals surface area (Å²) in [5.74, 6) is 0.0460. The number of nitrogens with one attached hydrogen (secondary N) is 2. The third-order valence-corrected chi connectivity index (χ3v) is 4.12. The van der Waals surface area contributed by atoms with Gasteiger partial charge in [-0.3, -0.25) is 5.32 Å². The number of benzene rings is 1. The first kappa shape index (κ1) is 20.5. The summed E-state index contributed by atoms with van der Waals surface area (Å²) in [6.07, 6.45) is 0. The molecule has 1 aromatic heterocycles. The van der Waals surface area contributed by atoms with Gasteiger partial charge in [-0.05, 0) is 25.1 Å². The Morgan fingerprint density at radius 2 is 1.96 bits per heavy atom. The Labute approximate surface area is 168 Å². The molecule has 2 rings (SSSR count). The average molecular weight is 513 g/mol. The van der Waals surface area contributed by atoms with Gasteiger partial charge in [0.2, 0.25) is 5.95 Å². The number of nitrogens with zero attached hydrogens (tertiary/aromatic N) is 2. The minimum Gasteiger partial charge on any atom is -0.489 e. The SMILES string of the molecule is Cc1cc(Cl)nc(NC(=O)NS(=O)(=O)Oc2ccccc2OCCI)n1. The first-order valence-electron chi connectivity index (χ1n) is 7.11. The van der Waals surface area contributed by atoms with Gasteiger partial charge < -0.3 is 8.92 Å². The third kappa shape index (κ3) is 6.46. The lowest BCUT2D eigenvalue weighted by molar-refractivity contribution is 0.255. The fourth-order valence-electron chi connectivity index (χ4n) is 1.75. The molecule has 0 spiro atoms. The molecule has 0 aliphatic heterocycles. The largest absolute Gasteiger partial charge is 0.489 e. The van der Waals surface area contributed by atoms with Gasteiger partial charge in [-0.2, -0.15) is 8.42 Å². The summed E-state index contributed by atoms with van der Waals surface area (Å²) in [4.78, 5) is 19.5. The van der Waals surface area contributed by atoms with Crippen LogP contribution in [0.4, 0.5) is 10.7 Å². The van der Waals surface area contributed by atoms with Crippen LogP contribution >= 0.6 is 34.2 Å². The monoisotopic (exact) mass is 512 g/mol. The van der Waals surface area contributed by atoms with Gasteiger partial charge in [0, 0.05) is 10.1 Å². The van der Waals surface area contributed by atoms with Crippen LogP contribution in [0.25, 0.3) is 0 Å². The van der Waals surface area contributed by atoms with E-state index >= 15 is 0 Å². The number of hydrogen-bond donors (Lipinski definition) is 2. The molecule has 0 fully saturated rings. The number of carbonyl (C=O) groups is 1. The van der Waals surface area contributed by atoms with E-state index < -0.39 is 16.3 Å². The fourth-order valence-corrected chi connectivity index (χ4v) is 2.90. The molecule has 26 heavy (non-hydrogen) atoms. The van der Waals surface area contributed by atoms with Crippen LogP contribution in [0.5, 0.6) is 11.5 Å². The Bertz CT molecular complexity index is 876. The topological polar surface area (TPSA) is 120 Å². The zero-order valence-electron chi connectivity index (χ0n) is 13.4. The molecule has 2 N–H and O–H groups in total. The van der Waals surface area contributed by atoms with E-state index in [9.17, 15) is 13.2 Å². The van der Waals surface area contributed by atoms with Crippen LogP contribution in [0.15, 0.2) is 30.3 Å². The van der Waals surface area contributed by atoms with Crippen molar-refractivity contribution >= 4 is 56.5 Å². The molecule has 9 nitrogen and oxygen atoms in total. The van der Waals surface area contributed by atoms with Crippen molar-refractivity contribution in [1.29, 1.82) is 0 Å². The summed E-state index contributed by atoms with van der Waals surface area (Å²) in [6.45, 7) is 2.02. The van der Waals surface area contributed by atoms with E-state index in [2.05, 4.69) is 37.9 Å². The van der Waals surface area contributed by atoms with Crippen molar-refractivity contribution in [3.63, 3.8) is 0 Å². The fraction of sp³-hybridized carbons (Fsp3) is 0.214. The number of hydrogen-bond acceptors (Lipinski definition) is 7. The van der Waals surface area contributed by atoms with Crippen LogP contribution in [-0.2, 0) is 10.3 Å². The van der Waals surface area contributed by atoms with Crippen molar-refractivity contribution in [2.45, 2.75) is 6.92 Å². The number of ether oxygens (including phenoxy) is 1. The normalized spacial score (nSPS) is 10.9. The summed E-state index contributed by atoms with van der Waals surface area (Å²) in [5, 5.41) is 2.27. The zero-order valence-corrected chi connectivity index (χ0v) is 17.1. The highest BCUT2D eigenvalue weighted by Crippen LogP contribution is 2.27. The summed E-state index contributed by atoms with van der Waals surface area (Å²) in [6, 6.07) is 6.59. The smallest absolute Gasteiger partial charge is 0.411 e. The number of halogens is 2. The number of alkyl halides is 1. The number of amides is 2. The van der Waals surface area contributed by atoms with E-state index in [0.29, 0.717) is 16.7 Å². The van der Waals surface area contributed by atoms with Gasteiger partial charge in [0.1, 0.15) is 5.15 Å². The van der Waals surface area contributed by atoms with Gasteiger partial charge in [-0.1, -0.05) is 46.3 Å². The van der Waals surface area contributed by atoms with Gasteiger partial charge in [0.05, 0.1) is 6.61 Å². The second-order valence-corrected chi connectivity index (χ2v) is 7.48. The van der Waals surface area contributed by atoms with Crippen molar-refractivity contribution < 1.29 is 22.1 Å². The van der Waals surface area contributed by atoms with Gasteiger partial charge in [-0.15, -0.1) is 0 Å². The maximum atomic E-state index is 12.0. The maximum absolute atomic E-state index is 12.0. The summed E-state index contributed by atoms with van der Waals surface area (Å²) >= 11 is 7.87. The number of rotatable bonds is 7.